The van der Waals surface area contributed by atoms with Crippen LogP contribution in [0, 0.1) is 5.82 Å². The molecular formula is C10H12BrFN2O4S. The first kappa shape index (κ1) is 15.9. The molecule has 1 aromatic carbocycles. The zero-order valence-corrected chi connectivity index (χ0v) is 12.6. The predicted octanol–water partition coefficient (Wildman–Crippen LogP) is 0.703. The molecule has 0 unspecified atom stereocenters. The molecule has 0 saturated heterocycles. The van der Waals surface area contributed by atoms with E-state index >= 15 is 0 Å². The van der Waals surface area contributed by atoms with Crippen LogP contribution in [0.4, 0.5) is 4.39 Å². The van der Waals surface area contributed by atoms with Crippen LogP contribution in [-0.2, 0) is 14.8 Å². The summed E-state index contributed by atoms with van der Waals surface area (Å²) in [4.78, 5) is 12.0. The molecule has 0 atom stereocenters. The van der Waals surface area contributed by atoms with Gasteiger partial charge in [0.2, 0.25) is 10.0 Å². The average Bonchev–Trinajstić information content (AvgIpc) is 2.27. The molecule has 0 aliphatic carbocycles. The number of hydrogen-bond acceptors (Lipinski definition) is 4. The van der Waals surface area contributed by atoms with Crippen molar-refractivity contribution in [2.45, 2.75) is 4.90 Å². The molecule has 0 saturated carbocycles. The Hall–Kier alpha value is -1.19. The number of carbonyl (C=O) groups is 1. The lowest BCUT2D eigenvalue weighted by molar-refractivity contribution is -0.130. The number of amides is 1. The van der Waals surface area contributed by atoms with E-state index in [9.17, 15) is 17.6 Å². The van der Waals surface area contributed by atoms with E-state index in [4.69, 9.17) is 9.88 Å². The minimum absolute atomic E-state index is 0.0140. The molecule has 1 aromatic rings. The maximum atomic E-state index is 13.6. The van der Waals surface area contributed by atoms with Crippen molar-refractivity contribution in [3.8, 4) is 5.75 Å². The fourth-order valence-electron chi connectivity index (χ4n) is 1.11. The second kappa shape index (κ2) is 5.85. The summed E-state index contributed by atoms with van der Waals surface area (Å²) in [5, 5.41) is 4.85. The predicted molar refractivity (Wildman–Crippen MR) is 69.7 cm³/mol. The smallest absolute Gasteiger partial charge is 0.259 e. The van der Waals surface area contributed by atoms with E-state index in [0.717, 1.165) is 12.1 Å². The van der Waals surface area contributed by atoms with Crippen LogP contribution in [0.1, 0.15) is 0 Å². The van der Waals surface area contributed by atoms with Crippen molar-refractivity contribution in [2.24, 2.45) is 5.14 Å². The lowest BCUT2D eigenvalue weighted by atomic mass is 10.3. The molecule has 9 heteroatoms. The van der Waals surface area contributed by atoms with Gasteiger partial charge < -0.3 is 9.64 Å². The summed E-state index contributed by atoms with van der Waals surface area (Å²) in [6.45, 7) is -0.292. The minimum atomic E-state index is -4.15. The lowest BCUT2D eigenvalue weighted by Gasteiger charge is -2.13. The quantitative estimate of drug-likeness (QED) is 0.861. The number of sulfonamides is 1. The number of ether oxygens (including phenoxy) is 1. The first-order valence-corrected chi connectivity index (χ1v) is 7.31. The summed E-state index contributed by atoms with van der Waals surface area (Å²) in [5.74, 6) is -1.35. The number of rotatable bonds is 4. The van der Waals surface area contributed by atoms with E-state index in [0.29, 0.717) is 0 Å². The Balaban J connectivity index is 3.00. The van der Waals surface area contributed by atoms with Gasteiger partial charge in [-0.3, -0.25) is 4.79 Å². The van der Waals surface area contributed by atoms with Crippen LogP contribution in [-0.4, -0.2) is 39.9 Å². The summed E-state index contributed by atoms with van der Waals surface area (Å²) in [7, 11) is -1.06. The van der Waals surface area contributed by atoms with Crippen molar-refractivity contribution < 1.29 is 22.3 Å². The third-order valence-corrected chi connectivity index (χ3v) is 3.69. The van der Waals surface area contributed by atoms with Gasteiger partial charge in [-0.25, -0.2) is 17.9 Å². The second-order valence-corrected chi connectivity index (χ2v) is 6.22. The molecule has 0 aliphatic heterocycles. The third-order valence-electron chi connectivity index (χ3n) is 2.14. The number of likely N-dealkylation sites (N-methyl/N-ethyl adjacent to an activating group) is 1. The first-order valence-electron chi connectivity index (χ1n) is 4.97. The van der Waals surface area contributed by atoms with Gasteiger partial charge in [0.15, 0.2) is 6.61 Å². The van der Waals surface area contributed by atoms with Crippen LogP contribution in [0.5, 0.6) is 5.75 Å². The molecule has 0 radical (unpaired) electrons. The normalized spacial score (nSPS) is 11.2. The molecule has 19 heavy (non-hydrogen) atoms. The van der Waals surface area contributed by atoms with E-state index in [2.05, 4.69) is 15.9 Å². The molecule has 106 valence electrons. The molecule has 0 aromatic heterocycles. The number of benzene rings is 1. The molecule has 6 nitrogen and oxygen atoms in total. The van der Waals surface area contributed by atoms with Gasteiger partial charge in [-0.1, -0.05) is 0 Å². The summed E-state index contributed by atoms with van der Waals surface area (Å²) < 4.78 is 41.0. The summed E-state index contributed by atoms with van der Waals surface area (Å²) in [5.41, 5.74) is 0. The van der Waals surface area contributed by atoms with Crippen molar-refractivity contribution in [3.05, 3.63) is 22.4 Å². The average molecular weight is 355 g/mol. The Kier molecular flexibility index (Phi) is 4.88. The van der Waals surface area contributed by atoms with Crippen molar-refractivity contribution in [2.75, 3.05) is 20.7 Å². The highest BCUT2D eigenvalue weighted by atomic mass is 79.9. The molecular weight excluding hydrogens is 343 g/mol. The fraction of sp³-hybridized carbons (Fsp3) is 0.300. The lowest BCUT2D eigenvalue weighted by Crippen LogP contribution is -2.27. The van der Waals surface area contributed by atoms with Crippen LogP contribution >= 0.6 is 15.9 Å². The Morgan fingerprint density at radius 1 is 1.47 bits per heavy atom. The van der Waals surface area contributed by atoms with Crippen LogP contribution in [0.25, 0.3) is 0 Å². The molecule has 0 spiro atoms. The molecule has 1 rings (SSSR count). The van der Waals surface area contributed by atoms with E-state index in [-0.39, 0.29) is 22.7 Å². The molecule has 0 fully saturated rings. The van der Waals surface area contributed by atoms with E-state index < -0.39 is 20.7 Å². The van der Waals surface area contributed by atoms with Crippen LogP contribution in [0.2, 0.25) is 0 Å². The Labute approximate surface area is 118 Å². The topological polar surface area (TPSA) is 89.7 Å². The number of halogens is 2. The van der Waals surface area contributed by atoms with Crippen LogP contribution in [0.3, 0.4) is 0 Å². The number of carbonyl (C=O) groups excluding carboxylic acids is 1. The van der Waals surface area contributed by atoms with Crippen LogP contribution in [0.15, 0.2) is 21.5 Å². The van der Waals surface area contributed by atoms with Crippen molar-refractivity contribution in [1.29, 1.82) is 0 Å². The van der Waals surface area contributed by atoms with Gasteiger partial charge in [-0.05, 0) is 22.0 Å². The highest BCUT2D eigenvalue weighted by molar-refractivity contribution is 9.10. The number of nitrogens with zero attached hydrogens (tertiary/aromatic N) is 1. The van der Waals surface area contributed by atoms with Gasteiger partial charge >= 0.3 is 0 Å². The van der Waals surface area contributed by atoms with Gasteiger partial charge in [-0.2, -0.15) is 0 Å². The van der Waals surface area contributed by atoms with Crippen molar-refractivity contribution in [3.63, 3.8) is 0 Å². The fourth-order valence-corrected chi connectivity index (χ4v) is 2.33. The molecule has 0 aliphatic rings. The zero-order chi connectivity index (χ0) is 14.8. The van der Waals surface area contributed by atoms with E-state index in [1.165, 1.54) is 4.90 Å². The summed E-state index contributed by atoms with van der Waals surface area (Å²) in [6, 6.07) is 1.84. The Bertz CT molecular complexity index is 604. The monoisotopic (exact) mass is 354 g/mol. The molecule has 1 amide bonds. The number of primary sulfonamides is 1. The third kappa shape index (κ3) is 4.15. The maximum Gasteiger partial charge on any atom is 0.259 e. The molecule has 0 bridgehead atoms. The standard InChI is InChI=1S/C10H12BrFN2O4S/c1-14(2)10(15)5-18-8-4-7(12)9(3-6(8)11)19(13,16)17/h3-4H,5H2,1-2H3,(H2,13,16,17). The Morgan fingerprint density at radius 3 is 2.53 bits per heavy atom. The molecule has 2 N–H and O–H groups in total. The van der Waals surface area contributed by atoms with Gasteiger partial charge in [-0.15, -0.1) is 0 Å². The molecule has 0 heterocycles. The summed E-state index contributed by atoms with van der Waals surface area (Å²) >= 11 is 3.02. The van der Waals surface area contributed by atoms with Crippen molar-refractivity contribution in [1.82, 2.24) is 4.90 Å². The second-order valence-electron chi connectivity index (χ2n) is 3.83. The maximum absolute atomic E-state index is 13.6. The highest BCUT2D eigenvalue weighted by Gasteiger charge is 2.18. The van der Waals surface area contributed by atoms with Gasteiger partial charge in [0.25, 0.3) is 5.91 Å². The first-order chi connectivity index (χ1) is 8.62. The summed E-state index contributed by atoms with van der Waals surface area (Å²) in [6.07, 6.45) is 0. The van der Waals surface area contributed by atoms with Gasteiger partial charge in [0.05, 0.1) is 4.47 Å². The van der Waals surface area contributed by atoms with Gasteiger partial charge in [0.1, 0.15) is 16.5 Å². The largest absolute Gasteiger partial charge is 0.482 e. The minimum Gasteiger partial charge on any atom is -0.482 e. The SMILES string of the molecule is CN(C)C(=O)COc1cc(F)c(S(N)(=O)=O)cc1Br. The van der Waals surface area contributed by atoms with E-state index in [1.54, 1.807) is 14.1 Å². The number of hydrogen-bond donors (Lipinski definition) is 1. The van der Waals surface area contributed by atoms with Crippen molar-refractivity contribution >= 4 is 31.9 Å². The Morgan fingerprint density at radius 2 is 2.05 bits per heavy atom. The number of nitrogens with two attached hydrogens (primary N) is 1. The zero-order valence-electron chi connectivity index (χ0n) is 10.2. The van der Waals surface area contributed by atoms with Crippen LogP contribution < -0.4 is 9.88 Å². The highest BCUT2D eigenvalue weighted by Crippen LogP contribution is 2.29. The van der Waals surface area contributed by atoms with E-state index in [1.807, 2.05) is 0 Å². The van der Waals surface area contributed by atoms with Gasteiger partial charge in [0, 0.05) is 20.2 Å².